The number of piperidine rings is 1. The molecule has 0 radical (unpaired) electrons. The zero-order valence-corrected chi connectivity index (χ0v) is 16.5. The van der Waals surface area contributed by atoms with E-state index >= 15 is 0 Å². The summed E-state index contributed by atoms with van der Waals surface area (Å²) in [5.41, 5.74) is 3.06. The average molecular weight is 391 g/mol. The molecular formula is C20H23ClN2O4. The highest BCUT2D eigenvalue weighted by Crippen LogP contribution is 2.35. The van der Waals surface area contributed by atoms with Gasteiger partial charge in [-0.05, 0) is 50.3 Å². The third kappa shape index (κ3) is 3.58. The van der Waals surface area contributed by atoms with E-state index in [1.54, 1.807) is 11.8 Å². The second kappa shape index (κ2) is 7.72. The molecule has 0 unspecified atom stereocenters. The third-order valence-corrected chi connectivity index (χ3v) is 5.56. The molecular weight excluding hydrogens is 368 g/mol. The van der Waals surface area contributed by atoms with Crippen LogP contribution in [0.2, 0.25) is 0 Å². The number of carbonyl (C=O) groups is 3. The van der Waals surface area contributed by atoms with E-state index in [1.165, 1.54) is 4.90 Å². The van der Waals surface area contributed by atoms with Crippen LogP contribution in [0.4, 0.5) is 4.79 Å². The van der Waals surface area contributed by atoms with Crippen LogP contribution in [0.3, 0.4) is 0 Å². The van der Waals surface area contributed by atoms with Crippen LogP contribution in [0.1, 0.15) is 36.5 Å². The maximum atomic E-state index is 13.0. The second-order valence-electron chi connectivity index (χ2n) is 6.89. The molecule has 0 saturated carbocycles. The highest BCUT2D eigenvalue weighted by Gasteiger charge is 2.43. The molecule has 144 valence electrons. The number of halogens is 1. The number of nitrogens with zero attached hydrogens (tertiary/aromatic N) is 2. The number of aryl methyl sites for hydroxylation is 2. The van der Waals surface area contributed by atoms with Gasteiger partial charge in [0.2, 0.25) is 0 Å². The van der Waals surface area contributed by atoms with Crippen molar-refractivity contribution < 1.29 is 19.1 Å². The minimum absolute atomic E-state index is 0.0314. The molecule has 7 heteroatoms. The van der Waals surface area contributed by atoms with Gasteiger partial charge in [0.1, 0.15) is 5.03 Å². The zero-order chi connectivity index (χ0) is 19.7. The first-order valence-electron chi connectivity index (χ1n) is 9.12. The first kappa shape index (κ1) is 19.4. The normalized spacial score (nSPS) is 18.5. The number of amides is 3. The van der Waals surface area contributed by atoms with Crippen LogP contribution < -0.4 is 0 Å². The minimum atomic E-state index is -0.454. The summed E-state index contributed by atoms with van der Waals surface area (Å²) in [6.45, 7) is 6.90. The predicted molar refractivity (Wildman–Crippen MR) is 102 cm³/mol. The number of imide groups is 1. The van der Waals surface area contributed by atoms with Crippen molar-refractivity contribution >= 4 is 35.1 Å². The smallest absolute Gasteiger partial charge is 0.409 e. The number of carbonyl (C=O) groups excluding carboxylic acids is 3. The van der Waals surface area contributed by atoms with Gasteiger partial charge in [-0.15, -0.1) is 0 Å². The Hall–Kier alpha value is -2.34. The Morgan fingerprint density at radius 1 is 1.15 bits per heavy atom. The van der Waals surface area contributed by atoms with Crippen LogP contribution in [0.25, 0.3) is 5.57 Å². The quantitative estimate of drug-likeness (QED) is 0.743. The molecule has 2 aliphatic rings. The molecule has 0 N–H and O–H groups in total. The van der Waals surface area contributed by atoms with Gasteiger partial charge >= 0.3 is 6.09 Å². The monoisotopic (exact) mass is 390 g/mol. The lowest BCUT2D eigenvalue weighted by atomic mass is 10.00. The highest BCUT2D eigenvalue weighted by molar-refractivity contribution is 6.55. The van der Waals surface area contributed by atoms with Crippen molar-refractivity contribution in [3.63, 3.8) is 0 Å². The van der Waals surface area contributed by atoms with Crippen molar-refractivity contribution in [3.05, 3.63) is 39.9 Å². The van der Waals surface area contributed by atoms with Crippen molar-refractivity contribution in [2.75, 3.05) is 19.7 Å². The Bertz CT molecular complexity index is 825. The topological polar surface area (TPSA) is 66.9 Å². The van der Waals surface area contributed by atoms with E-state index in [-0.39, 0.29) is 28.6 Å². The van der Waals surface area contributed by atoms with E-state index in [9.17, 15) is 14.4 Å². The summed E-state index contributed by atoms with van der Waals surface area (Å²) in [6, 6.07) is 5.34. The summed E-state index contributed by atoms with van der Waals surface area (Å²) >= 11 is 6.27. The Balaban J connectivity index is 1.76. The van der Waals surface area contributed by atoms with Gasteiger partial charge in [-0.3, -0.25) is 14.5 Å². The third-order valence-electron chi connectivity index (χ3n) is 5.21. The summed E-state index contributed by atoms with van der Waals surface area (Å²) in [7, 11) is 0. The number of benzene rings is 1. The molecule has 2 heterocycles. The molecule has 2 aliphatic heterocycles. The van der Waals surface area contributed by atoms with Crippen molar-refractivity contribution in [1.82, 2.24) is 9.80 Å². The van der Waals surface area contributed by atoms with Gasteiger partial charge in [-0.1, -0.05) is 29.8 Å². The SMILES string of the molecule is CCOC(=O)N1CCC(N2C(=O)C(Cl)=C(c3ccc(C)c(C)c3)C2=O)CC1. The first-order valence-corrected chi connectivity index (χ1v) is 9.50. The first-order chi connectivity index (χ1) is 12.8. The molecule has 27 heavy (non-hydrogen) atoms. The van der Waals surface area contributed by atoms with Crippen molar-refractivity contribution in [2.24, 2.45) is 0 Å². The molecule has 0 aliphatic carbocycles. The van der Waals surface area contributed by atoms with Crippen LogP contribution in [0.15, 0.2) is 23.2 Å². The summed E-state index contributed by atoms with van der Waals surface area (Å²) in [4.78, 5) is 40.4. The molecule has 0 atom stereocenters. The molecule has 0 aromatic heterocycles. The maximum Gasteiger partial charge on any atom is 0.409 e. The van der Waals surface area contributed by atoms with E-state index < -0.39 is 5.91 Å². The van der Waals surface area contributed by atoms with Crippen molar-refractivity contribution in [2.45, 2.75) is 39.7 Å². The zero-order valence-electron chi connectivity index (χ0n) is 15.8. The van der Waals surface area contributed by atoms with E-state index in [1.807, 2.05) is 32.0 Å². The summed E-state index contributed by atoms with van der Waals surface area (Å²) in [5.74, 6) is -0.813. The summed E-state index contributed by atoms with van der Waals surface area (Å²) < 4.78 is 5.01. The van der Waals surface area contributed by atoms with Gasteiger partial charge in [0.05, 0.1) is 12.2 Å². The molecule has 1 aromatic carbocycles. The summed E-state index contributed by atoms with van der Waals surface area (Å²) in [6.07, 6.45) is 0.670. The molecule has 3 rings (SSSR count). The van der Waals surface area contributed by atoms with Gasteiger partial charge < -0.3 is 9.64 Å². The predicted octanol–water partition coefficient (Wildman–Crippen LogP) is 3.24. The van der Waals surface area contributed by atoms with Crippen LogP contribution in [0, 0.1) is 13.8 Å². The van der Waals surface area contributed by atoms with Crippen LogP contribution >= 0.6 is 11.6 Å². The lowest BCUT2D eigenvalue weighted by molar-refractivity contribution is -0.140. The van der Waals surface area contributed by atoms with E-state index in [0.717, 1.165) is 11.1 Å². The van der Waals surface area contributed by atoms with Gasteiger partial charge in [-0.2, -0.15) is 0 Å². The van der Waals surface area contributed by atoms with E-state index in [4.69, 9.17) is 16.3 Å². The van der Waals surface area contributed by atoms with Crippen molar-refractivity contribution in [3.8, 4) is 0 Å². The van der Waals surface area contributed by atoms with Crippen LogP contribution in [0.5, 0.6) is 0 Å². The molecule has 0 spiro atoms. The molecule has 6 nitrogen and oxygen atoms in total. The second-order valence-corrected chi connectivity index (χ2v) is 7.26. The molecule has 1 fully saturated rings. The lowest BCUT2D eigenvalue weighted by Crippen LogP contribution is -2.49. The number of likely N-dealkylation sites (tertiary alicyclic amines) is 1. The van der Waals surface area contributed by atoms with E-state index in [2.05, 4.69) is 0 Å². The van der Waals surface area contributed by atoms with Crippen LogP contribution in [-0.4, -0.2) is 53.4 Å². The molecule has 1 saturated heterocycles. The van der Waals surface area contributed by atoms with Gasteiger partial charge in [0.15, 0.2) is 0 Å². The lowest BCUT2D eigenvalue weighted by Gasteiger charge is -2.35. The Morgan fingerprint density at radius 2 is 1.81 bits per heavy atom. The maximum absolute atomic E-state index is 13.0. The fraction of sp³-hybridized carbons (Fsp3) is 0.450. The fourth-order valence-electron chi connectivity index (χ4n) is 3.52. The molecule has 3 amide bonds. The fourth-order valence-corrected chi connectivity index (χ4v) is 3.80. The molecule has 0 bridgehead atoms. The van der Waals surface area contributed by atoms with Crippen molar-refractivity contribution in [1.29, 1.82) is 0 Å². The van der Waals surface area contributed by atoms with Gasteiger partial charge in [-0.25, -0.2) is 4.79 Å². The Kier molecular flexibility index (Phi) is 5.56. The summed E-state index contributed by atoms with van der Waals surface area (Å²) in [5, 5.41) is -0.0314. The average Bonchev–Trinajstić information content (AvgIpc) is 2.87. The Morgan fingerprint density at radius 3 is 2.41 bits per heavy atom. The number of ether oxygens (including phenoxy) is 1. The van der Waals surface area contributed by atoms with E-state index in [0.29, 0.717) is 38.1 Å². The number of rotatable bonds is 3. The van der Waals surface area contributed by atoms with Gasteiger partial charge in [0.25, 0.3) is 11.8 Å². The van der Waals surface area contributed by atoms with Crippen LogP contribution in [-0.2, 0) is 14.3 Å². The molecule has 1 aromatic rings. The highest BCUT2D eigenvalue weighted by atomic mass is 35.5. The van der Waals surface area contributed by atoms with Gasteiger partial charge in [0, 0.05) is 19.1 Å². The minimum Gasteiger partial charge on any atom is -0.450 e. The Labute approximate surface area is 163 Å². The number of hydrogen-bond donors (Lipinski definition) is 0. The standard InChI is InChI=1S/C20H23ClN2O4/c1-4-27-20(26)22-9-7-15(8-10-22)23-18(24)16(17(21)19(23)25)14-6-5-12(2)13(3)11-14/h5-6,11,15H,4,7-10H2,1-3H3. The largest absolute Gasteiger partial charge is 0.450 e. The number of hydrogen-bond acceptors (Lipinski definition) is 4.